The van der Waals surface area contributed by atoms with Crippen molar-refractivity contribution in [1.82, 2.24) is 14.3 Å². The second kappa shape index (κ2) is 4.99. The Morgan fingerprint density at radius 1 is 1.37 bits per heavy atom. The summed E-state index contributed by atoms with van der Waals surface area (Å²) >= 11 is 0. The van der Waals surface area contributed by atoms with Crippen molar-refractivity contribution < 1.29 is 14.6 Å². The number of rotatable bonds is 3. The van der Waals surface area contributed by atoms with E-state index in [1.165, 1.54) is 0 Å². The lowest BCUT2D eigenvalue weighted by atomic mass is 10.3. The predicted molar refractivity (Wildman–Crippen MR) is 68.2 cm³/mol. The first-order valence-corrected chi connectivity index (χ1v) is 6.24. The van der Waals surface area contributed by atoms with Gasteiger partial charge in [-0.05, 0) is 12.1 Å². The molecule has 1 fully saturated rings. The van der Waals surface area contributed by atoms with Gasteiger partial charge in [-0.15, -0.1) is 0 Å². The van der Waals surface area contributed by atoms with Gasteiger partial charge in [0.2, 0.25) is 0 Å². The fraction of sp³-hybridized carbons (Fsp3) is 0.385. The van der Waals surface area contributed by atoms with Gasteiger partial charge in [0.1, 0.15) is 11.3 Å². The van der Waals surface area contributed by atoms with E-state index in [1.54, 1.807) is 22.7 Å². The van der Waals surface area contributed by atoms with Crippen LogP contribution in [0.25, 0.3) is 5.65 Å². The van der Waals surface area contributed by atoms with Crippen molar-refractivity contribution in [2.45, 2.75) is 6.54 Å². The number of pyridine rings is 1. The van der Waals surface area contributed by atoms with Crippen LogP contribution in [0.1, 0.15) is 16.2 Å². The zero-order valence-corrected chi connectivity index (χ0v) is 10.5. The second-order valence-electron chi connectivity index (χ2n) is 4.57. The third-order valence-electron chi connectivity index (χ3n) is 3.25. The fourth-order valence-corrected chi connectivity index (χ4v) is 2.30. The van der Waals surface area contributed by atoms with Crippen LogP contribution in [0.4, 0.5) is 0 Å². The first kappa shape index (κ1) is 12.1. The van der Waals surface area contributed by atoms with E-state index < -0.39 is 5.97 Å². The number of hydrogen-bond donors (Lipinski definition) is 1. The highest BCUT2D eigenvalue weighted by Gasteiger charge is 2.14. The molecule has 0 saturated carbocycles. The molecule has 1 N–H and O–H groups in total. The normalized spacial score (nSPS) is 16.8. The summed E-state index contributed by atoms with van der Waals surface area (Å²) in [5, 5.41) is 9.14. The maximum Gasteiger partial charge on any atom is 0.352 e. The van der Waals surface area contributed by atoms with Gasteiger partial charge in [0, 0.05) is 25.8 Å². The lowest BCUT2D eigenvalue weighted by molar-refractivity contribution is 0.0337. The molecule has 0 aromatic carbocycles. The van der Waals surface area contributed by atoms with Crippen molar-refractivity contribution in [1.29, 1.82) is 0 Å². The minimum absolute atomic E-state index is 0.234. The summed E-state index contributed by atoms with van der Waals surface area (Å²) in [7, 11) is 0. The van der Waals surface area contributed by atoms with Crippen LogP contribution < -0.4 is 0 Å². The summed E-state index contributed by atoms with van der Waals surface area (Å²) in [6, 6.07) is 5.11. The lowest BCUT2D eigenvalue weighted by Crippen LogP contribution is -2.35. The maximum absolute atomic E-state index is 11.1. The quantitative estimate of drug-likeness (QED) is 0.887. The predicted octanol–water partition coefficient (Wildman–Crippen LogP) is 0.865. The molecule has 1 saturated heterocycles. The molecule has 0 spiro atoms. The zero-order chi connectivity index (χ0) is 13.2. The lowest BCUT2D eigenvalue weighted by Gasteiger charge is -2.25. The molecule has 2 aromatic rings. The summed E-state index contributed by atoms with van der Waals surface area (Å²) in [4.78, 5) is 17.9. The van der Waals surface area contributed by atoms with Gasteiger partial charge in [0.25, 0.3) is 0 Å². The number of hydrogen-bond acceptors (Lipinski definition) is 4. The number of aromatic nitrogens is 2. The van der Waals surface area contributed by atoms with Crippen molar-refractivity contribution in [2.75, 3.05) is 26.3 Å². The summed E-state index contributed by atoms with van der Waals surface area (Å²) < 4.78 is 6.93. The molecule has 6 heteroatoms. The van der Waals surface area contributed by atoms with Crippen molar-refractivity contribution in [3.63, 3.8) is 0 Å². The topological polar surface area (TPSA) is 67.1 Å². The molecule has 1 aliphatic heterocycles. The molecule has 0 atom stereocenters. The summed E-state index contributed by atoms with van der Waals surface area (Å²) in [5.41, 5.74) is 1.79. The van der Waals surface area contributed by atoms with Crippen LogP contribution in [0.5, 0.6) is 0 Å². The molecule has 6 nitrogen and oxygen atoms in total. The smallest absolute Gasteiger partial charge is 0.352 e. The molecule has 100 valence electrons. The SMILES string of the molecule is O=C(O)c1cccc2nc(CN3CCOCC3)cn12. The summed E-state index contributed by atoms with van der Waals surface area (Å²) in [5.74, 6) is -0.944. The van der Waals surface area contributed by atoms with E-state index in [-0.39, 0.29) is 5.69 Å². The van der Waals surface area contributed by atoms with E-state index in [1.807, 2.05) is 6.07 Å². The van der Waals surface area contributed by atoms with Gasteiger partial charge in [-0.3, -0.25) is 9.30 Å². The molecular formula is C13H15N3O3. The number of morpholine rings is 1. The fourth-order valence-electron chi connectivity index (χ4n) is 2.30. The zero-order valence-electron chi connectivity index (χ0n) is 10.5. The average Bonchev–Trinajstić information content (AvgIpc) is 2.81. The highest BCUT2D eigenvalue weighted by atomic mass is 16.5. The van der Waals surface area contributed by atoms with E-state index in [0.29, 0.717) is 5.65 Å². The number of nitrogens with zero attached hydrogens (tertiary/aromatic N) is 3. The van der Waals surface area contributed by atoms with E-state index >= 15 is 0 Å². The van der Waals surface area contributed by atoms with Crippen molar-refractivity contribution in [3.8, 4) is 0 Å². The molecule has 3 rings (SSSR count). The van der Waals surface area contributed by atoms with Crippen molar-refractivity contribution >= 4 is 11.6 Å². The Morgan fingerprint density at radius 3 is 2.89 bits per heavy atom. The first-order valence-electron chi connectivity index (χ1n) is 6.24. The Balaban J connectivity index is 1.88. The first-order chi connectivity index (χ1) is 9.24. The molecule has 2 aromatic heterocycles. The number of carboxylic acid groups (broad SMARTS) is 1. The van der Waals surface area contributed by atoms with Crippen LogP contribution in [0.2, 0.25) is 0 Å². The maximum atomic E-state index is 11.1. The number of imidazole rings is 1. The van der Waals surface area contributed by atoms with Gasteiger partial charge in [-0.1, -0.05) is 6.07 Å². The van der Waals surface area contributed by atoms with Gasteiger partial charge in [0.05, 0.1) is 18.9 Å². The van der Waals surface area contributed by atoms with Gasteiger partial charge in [-0.2, -0.15) is 0 Å². The Bertz CT molecular complexity index is 602. The molecular weight excluding hydrogens is 246 g/mol. The molecule has 0 aliphatic carbocycles. The molecule has 0 amide bonds. The minimum Gasteiger partial charge on any atom is -0.477 e. The Morgan fingerprint density at radius 2 is 2.16 bits per heavy atom. The molecule has 0 unspecified atom stereocenters. The van der Waals surface area contributed by atoms with Crippen LogP contribution >= 0.6 is 0 Å². The second-order valence-corrected chi connectivity index (χ2v) is 4.57. The van der Waals surface area contributed by atoms with Crippen LogP contribution in [-0.2, 0) is 11.3 Å². The highest BCUT2D eigenvalue weighted by molar-refractivity contribution is 5.86. The largest absolute Gasteiger partial charge is 0.477 e. The van der Waals surface area contributed by atoms with Crippen molar-refractivity contribution in [3.05, 3.63) is 35.8 Å². The summed E-state index contributed by atoms with van der Waals surface area (Å²) in [6.45, 7) is 3.99. The minimum atomic E-state index is -0.944. The van der Waals surface area contributed by atoms with Gasteiger partial charge >= 0.3 is 5.97 Å². The van der Waals surface area contributed by atoms with E-state index in [2.05, 4.69) is 9.88 Å². The van der Waals surface area contributed by atoms with Gasteiger partial charge in [0.15, 0.2) is 0 Å². The monoisotopic (exact) mass is 261 g/mol. The van der Waals surface area contributed by atoms with Gasteiger partial charge in [-0.25, -0.2) is 9.78 Å². The molecule has 0 bridgehead atoms. The number of ether oxygens (including phenoxy) is 1. The Labute approximate surface area is 110 Å². The van der Waals surface area contributed by atoms with Crippen LogP contribution in [0.3, 0.4) is 0 Å². The van der Waals surface area contributed by atoms with Crippen LogP contribution in [-0.4, -0.2) is 51.7 Å². The molecule has 19 heavy (non-hydrogen) atoms. The van der Waals surface area contributed by atoms with Crippen LogP contribution in [0.15, 0.2) is 24.4 Å². The standard InChI is InChI=1S/C13H15N3O3/c17-13(18)11-2-1-3-12-14-10(9-16(11)12)8-15-4-6-19-7-5-15/h1-3,9H,4-8H2,(H,17,18). The van der Waals surface area contributed by atoms with E-state index in [0.717, 1.165) is 38.5 Å². The third-order valence-corrected chi connectivity index (χ3v) is 3.25. The Hall–Kier alpha value is -1.92. The number of aromatic carboxylic acids is 1. The molecule has 1 aliphatic rings. The summed E-state index contributed by atoms with van der Waals surface area (Å²) in [6.07, 6.45) is 1.80. The Kier molecular flexibility index (Phi) is 3.18. The average molecular weight is 261 g/mol. The van der Waals surface area contributed by atoms with E-state index in [9.17, 15) is 4.79 Å². The van der Waals surface area contributed by atoms with E-state index in [4.69, 9.17) is 9.84 Å². The molecule has 0 radical (unpaired) electrons. The third kappa shape index (κ3) is 2.45. The molecule has 3 heterocycles. The van der Waals surface area contributed by atoms with Gasteiger partial charge < -0.3 is 9.84 Å². The number of fused-ring (bicyclic) bond motifs is 1. The van der Waals surface area contributed by atoms with Crippen molar-refractivity contribution in [2.24, 2.45) is 0 Å². The number of carboxylic acids is 1. The highest BCUT2D eigenvalue weighted by Crippen LogP contribution is 2.12. The van der Waals surface area contributed by atoms with Crippen LogP contribution in [0, 0.1) is 0 Å². The number of carbonyl (C=O) groups is 1.